The van der Waals surface area contributed by atoms with Gasteiger partial charge in [-0.05, 0) is 32.1 Å². The Bertz CT molecular complexity index is 364. The molecule has 1 saturated carbocycles. The van der Waals surface area contributed by atoms with Crippen molar-refractivity contribution in [2.45, 2.75) is 64.3 Å². The monoisotopic (exact) mass is 237 g/mol. The van der Waals surface area contributed by atoms with Crippen molar-refractivity contribution in [1.29, 1.82) is 0 Å². The molecule has 0 bridgehead atoms. The normalized spacial score (nSPS) is 21.0. The average molecular weight is 237 g/mol. The molecule has 1 fully saturated rings. The van der Waals surface area contributed by atoms with Gasteiger partial charge in [-0.2, -0.15) is 4.98 Å². The number of nitrogens with zero attached hydrogens (tertiary/aromatic N) is 2. The second-order valence-corrected chi connectivity index (χ2v) is 5.83. The van der Waals surface area contributed by atoms with E-state index in [1.54, 1.807) is 0 Å². The van der Waals surface area contributed by atoms with E-state index in [1.807, 2.05) is 6.92 Å². The molecule has 1 aliphatic rings. The van der Waals surface area contributed by atoms with Crippen molar-refractivity contribution in [1.82, 2.24) is 10.1 Å². The summed E-state index contributed by atoms with van der Waals surface area (Å²) >= 11 is 0. The average Bonchev–Trinajstić information content (AvgIpc) is 2.83. The van der Waals surface area contributed by atoms with Gasteiger partial charge in [0.2, 0.25) is 5.89 Å². The van der Waals surface area contributed by atoms with E-state index in [0.29, 0.717) is 11.7 Å². The summed E-state index contributed by atoms with van der Waals surface area (Å²) in [6.07, 6.45) is 6.01. The molecule has 0 radical (unpaired) electrons. The standard InChI is InChI=1S/C13H23N3O/c1-9(2)8-13(6-4-5-7-13)12-15-11(10(3)14)16-17-12/h9-10H,4-8,14H2,1-3H3. The minimum Gasteiger partial charge on any atom is -0.339 e. The molecule has 4 nitrogen and oxygen atoms in total. The van der Waals surface area contributed by atoms with Crippen LogP contribution in [0, 0.1) is 5.92 Å². The summed E-state index contributed by atoms with van der Waals surface area (Å²) in [5.74, 6) is 2.10. The highest BCUT2D eigenvalue weighted by Gasteiger charge is 2.41. The summed E-state index contributed by atoms with van der Waals surface area (Å²) in [4.78, 5) is 4.51. The van der Waals surface area contributed by atoms with Crippen molar-refractivity contribution in [3.05, 3.63) is 11.7 Å². The van der Waals surface area contributed by atoms with Gasteiger partial charge in [0.05, 0.1) is 6.04 Å². The van der Waals surface area contributed by atoms with Crippen LogP contribution in [0.1, 0.15) is 70.6 Å². The molecule has 1 aromatic heterocycles. The quantitative estimate of drug-likeness (QED) is 0.874. The van der Waals surface area contributed by atoms with Crippen LogP contribution >= 0.6 is 0 Å². The molecule has 0 aromatic carbocycles. The molecule has 0 amide bonds. The van der Waals surface area contributed by atoms with E-state index in [1.165, 1.54) is 25.7 Å². The molecule has 2 rings (SSSR count). The van der Waals surface area contributed by atoms with Crippen LogP contribution in [0.25, 0.3) is 0 Å². The van der Waals surface area contributed by atoms with Crippen molar-refractivity contribution < 1.29 is 4.52 Å². The first-order valence-corrected chi connectivity index (χ1v) is 6.63. The molecule has 0 saturated heterocycles. The Kier molecular flexibility index (Phi) is 3.52. The lowest BCUT2D eigenvalue weighted by molar-refractivity contribution is 0.243. The molecule has 17 heavy (non-hydrogen) atoms. The number of aromatic nitrogens is 2. The highest BCUT2D eigenvalue weighted by atomic mass is 16.5. The summed E-state index contributed by atoms with van der Waals surface area (Å²) in [6, 6.07) is -0.148. The zero-order valence-electron chi connectivity index (χ0n) is 11.1. The van der Waals surface area contributed by atoms with Crippen LogP contribution in [0.2, 0.25) is 0 Å². The van der Waals surface area contributed by atoms with E-state index in [0.717, 1.165) is 12.3 Å². The minimum absolute atomic E-state index is 0.119. The van der Waals surface area contributed by atoms with E-state index >= 15 is 0 Å². The third-order valence-electron chi connectivity index (χ3n) is 3.66. The summed E-state index contributed by atoms with van der Waals surface area (Å²) in [5.41, 5.74) is 5.90. The Hall–Kier alpha value is -0.900. The van der Waals surface area contributed by atoms with Gasteiger partial charge in [-0.25, -0.2) is 0 Å². The maximum atomic E-state index is 5.79. The molecular weight excluding hydrogens is 214 g/mol. The highest BCUT2D eigenvalue weighted by Crippen LogP contribution is 2.44. The Morgan fingerprint density at radius 3 is 2.41 bits per heavy atom. The molecule has 1 aromatic rings. The van der Waals surface area contributed by atoms with Gasteiger partial charge >= 0.3 is 0 Å². The number of hydrogen-bond donors (Lipinski definition) is 1. The molecule has 4 heteroatoms. The van der Waals surface area contributed by atoms with E-state index in [2.05, 4.69) is 24.0 Å². The van der Waals surface area contributed by atoms with Crippen LogP contribution in [-0.2, 0) is 5.41 Å². The molecule has 2 N–H and O–H groups in total. The number of rotatable bonds is 4. The van der Waals surface area contributed by atoms with Crippen molar-refractivity contribution >= 4 is 0 Å². The van der Waals surface area contributed by atoms with Crippen molar-refractivity contribution in [2.24, 2.45) is 11.7 Å². The van der Waals surface area contributed by atoms with Gasteiger partial charge in [-0.3, -0.25) is 0 Å². The van der Waals surface area contributed by atoms with E-state index in [9.17, 15) is 0 Å². The first-order chi connectivity index (χ1) is 8.03. The fraction of sp³-hybridized carbons (Fsp3) is 0.846. The van der Waals surface area contributed by atoms with Gasteiger partial charge in [0, 0.05) is 5.41 Å². The second-order valence-electron chi connectivity index (χ2n) is 5.83. The SMILES string of the molecule is CC(C)CC1(c2nc(C(C)N)no2)CCCC1. The molecule has 0 spiro atoms. The summed E-state index contributed by atoms with van der Waals surface area (Å²) < 4.78 is 5.47. The van der Waals surface area contributed by atoms with Gasteiger partial charge in [0.1, 0.15) is 0 Å². The largest absolute Gasteiger partial charge is 0.339 e. The molecule has 1 heterocycles. The van der Waals surface area contributed by atoms with Crippen molar-refractivity contribution in [3.63, 3.8) is 0 Å². The lowest BCUT2D eigenvalue weighted by Gasteiger charge is -2.26. The molecular formula is C13H23N3O. The smallest absolute Gasteiger partial charge is 0.232 e. The van der Waals surface area contributed by atoms with Crippen LogP contribution in [-0.4, -0.2) is 10.1 Å². The van der Waals surface area contributed by atoms with Gasteiger partial charge in [0.15, 0.2) is 5.82 Å². The summed E-state index contributed by atoms with van der Waals surface area (Å²) in [5, 5.41) is 4.00. The molecule has 0 aliphatic heterocycles. The third kappa shape index (κ3) is 2.51. The van der Waals surface area contributed by atoms with Gasteiger partial charge in [-0.15, -0.1) is 0 Å². The maximum absolute atomic E-state index is 5.79. The Labute approximate surface area is 103 Å². The zero-order valence-corrected chi connectivity index (χ0v) is 11.1. The Balaban J connectivity index is 2.25. The van der Waals surface area contributed by atoms with E-state index in [4.69, 9.17) is 10.3 Å². The Morgan fingerprint density at radius 1 is 1.29 bits per heavy atom. The topological polar surface area (TPSA) is 64.9 Å². The van der Waals surface area contributed by atoms with Crippen LogP contribution in [0.5, 0.6) is 0 Å². The maximum Gasteiger partial charge on any atom is 0.232 e. The number of nitrogens with two attached hydrogens (primary N) is 1. The summed E-state index contributed by atoms with van der Waals surface area (Å²) in [6.45, 7) is 6.39. The third-order valence-corrected chi connectivity index (χ3v) is 3.66. The predicted molar refractivity (Wildman–Crippen MR) is 66.5 cm³/mol. The van der Waals surface area contributed by atoms with Crippen LogP contribution < -0.4 is 5.73 Å². The highest BCUT2D eigenvalue weighted by molar-refractivity contribution is 5.09. The minimum atomic E-state index is -0.148. The first-order valence-electron chi connectivity index (χ1n) is 6.63. The molecule has 1 aliphatic carbocycles. The van der Waals surface area contributed by atoms with Crippen molar-refractivity contribution in [3.8, 4) is 0 Å². The predicted octanol–water partition coefficient (Wildman–Crippen LogP) is 2.95. The first kappa shape index (κ1) is 12.6. The van der Waals surface area contributed by atoms with Gasteiger partial charge in [-0.1, -0.05) is 31.8 Å². The molecule has 1 atom stereocenters. The van der Waals surface area contributed by atoms with Crippen LogP contribution in [0.4, 0.5) is 0 Å². The fourth-order valence-corrected chi connectivity index (χ4v) is 2.97. The van der Waals surface area contributed by atoms with E-state index in [-0.39, 0.29) is 11.5 Å². The second kappa shape index (κ2) is 4.77. The van der Waals surface area contributed by atoms with Gasteiger partial charge < -0.3 is 10.3 Å². The van der Waals surface area contributed by atoms with Crippen LogP contribution in [0.15, 0.2) is 4.52 Å². The fourth-order valence-electron chi connectivity index (χ4n) is 2.97. The van der Waals surface area contributed by atoms with Gasteiger partial charge in [0.25, 0.3) is 0 Å². The molecule has 96 valence electrons. The van der Waals surface area contributed by atoms with Crippen LogP contribution in [0.3, 0.4) is 0 Å². The Morgan fingerprint density at radius 2 is 1.94 bits per heavy atom. The lowest BCUT2D eigenvalue weighted by atomic mass is 9.78. The molecule has 1 unspecified atom stereocenters. The van der Waals surface area contributed by atoms with Crippen molar-refractivity contribution in [2.75, 3.05) is 0 Å². The summed E-state index contributed by atoms with van der Waals surface area (Å²) in [7, 11) is 0. The lowest BCUT2D eigenvalue weighted by Crippen LogP contribution is -2.25. The van der Waals surface area contributed by atoms with E-state index < -0.39 is 0 Å². The zero-order chi connectivity index (χ0) is 12.5. The number of hydrogen-bond acceptors (Lipinski definition) is 4.